The van der Waals surface area contributed by atoms with Crippen LogP contribution in [-0.4, -0.2) is 39.5 Å². The molecule has 3 heteroatoms. The second kappa shape index (κ2) is 5.52. The van der Waals surface area contributed by atoms with Crippen LogP contribution in [0.2, 0.25) is 0 Å². The van der Waals surface area contributed by atoms with Crippen LogP contribution >= 0.6 is 0 Å². The topological polar surface area (TPSA) is 30.5 Å². The Morgan fingerprint density at radius 1 is 1.45 bits per heavy atom. The molecule has 0 spiro atoms. The van der Waals surface area contributed by atoms with Crippen molar-refractivity contribution < 1.29 is 9.47 Å². The van der Waals surface area contributed by atoms with E-state index in [2.05, 4.69) is 5.32 Å². The summed E-state index contributed by atoms with van der Waals surface area (Å²) in [7, 11) is 1.74. The Balaban J connectivity index is 1.73. The number of nitrogens with one attached hydrogen (secondary N) is 1. The summed E-state index contributed by atoms with van der Waals surface area (Å²) in [6, 6.07) is 0.623. The van der Waals surface area contributed by atoms with Crippen molar-refractivity contribution in [1.29, 1.82) is 0 Å². The lowest BCUT2D eigenvalue weighted by atomic mass is 10.2. The quantitative estimate of drug-likeness (QED) is 0.569. The van der Waals surface area contributed by atoms with E-state index in [-0.39, 0.29) is 0 Å². The molecular formula is C8H17NO2. The Labute approximate surface area is 68.1 Å². The Hall–Kier alpha value is -0.120. The Bertz CT molecular complexity index is 94.1. The lowest BCUT2D eigenvalue weighted by Gasteiger charge is -2.26. The summed E-state index contributed by atoms with van der Waals surface area (Å²) in [4.78, 5) is 0. The van der Waals surface area contributed by atoms with Gasteiger partial charge in [-0.25, -0.2) is 0 Å². The van der Waals surface area contributed by atoms with E-state index in [0.29, 0.717) is 6.04 Å². The van der Waals surface area contributed by atoms with Crippen LogP contribution in [0, 0.1) is 0 Å². The molecule has 0 aliphatic carbocycles. The second-order valence-electron chi connectivity index (χ2n) is 2.89. The zero-order valence-electron chi connectivity index (χ0n) is 7.14. The van der Waals surface area contributed by atoms with Crippen LogP contribution in [0.3, 0.4) is 0 Å². The first-order valence-electron chi connectivity index (χ1n) is 4.23. The van der Waals surface area contributed by atoms with Crippen molar-refractivity contribution in [2.75, 3.05) is 33.5 Å². The van der Waals surface area contributed by atoms with Gasteiger partial charge in [-0.3, -0.25) is 0 Å². The molecule has 1 aliphatic rings. The summed E-state index contributed by atoms with van der Waals surface area (Å²) in [6.45, 7) is 3.76. The van der Waals surface area contributed by atoms with Gasteiger partial charge in [0, 0.05) is 13.7 Å². The molecule has 0 unspecified atom stereocenters. The van der Waals surface area contributed by atoms with Crippen LogP contribution in [0.15, 0.2) is 0 Å². The van der Waals surface area contributed by atoms with Gasteiger partial charge in [0.25, 0.3) is 0 Å². The summed E-state index contributed by atoms with van der Waals surface area (Å²) in [5, 5.41) is 3.40. The first-order valence-corrected chi connectivity index (χ1v) is 4.23. The average Bonchev–Trinajstić information content (AvgIpc) is 1.93. The average molecular weight is 159 g/mol. The predicted molar refractivity (Wildman–Crippen MR) is 43.7 cm³/mol. The lowest BCUT2D eigenvalue weighted by Crippen LogP contribution is -2.46. The molecule has 1 fully saturated rings. The van der Waals surface area contributed by atoms with E-state index in [9.17, 15) is 0 Å². The number of unbranched alkanes of at least 4 members (excludes halogenated alkanes) is 1. The maximum absolute atomic E-state index is 5.03. The van der Waals surface area contributed by atoms with Gasteiger partial charge in [-0.1, -0.05) is 0 Å². The molecule has 11 heavy (non-hydrogen) atoms. The van der Waals surface area contributed by atoms with Crippen molar-refractivity contribution in [1.82, 2.24) is 5.32 Å². The van der Waals surface area contributed by atoms with E-state index in [1.54, 1.807) is 7.11 Å². The smallest absolute Gasteiger partial charge is 0.0643 e. The van der Waals surface area contributed by atoms with Crippen LogP contribution in [-0.2, 0) is 9.47 Å². The van der Waals surface area contributed by atoms with Gasteiger partial charge in [-0.05, 0) is 19.4 Å². The van der Waals surface area contributed by atoms with Gasteiger partial charge in [0.2, 0.25) is 0 Å². The molecule has 3 nitrogen and oxygen atoms in total. The minimum atomic E-state index is 0.623. The maximum atomic E-state index is 5.03. The molecule has 1 aliphatic heterocycles. The Morgan fingerprint density at radius 2 is 2.27 bits per heavy atom. The van der Waals surface area contributed by atoms with E-state index >= 15 is 0 Å². The first kappa shape index (κ1) is 8.97. The van der Waals surface area contributed by atoms with E-state index in [1.165, 1.54) is 6.42 Å². The van der Waals surface area contributed by atoms with E-state index in [0.717, 1.165) is 32.8 Å². The Morgan fingerprint density at radius 3 is 2.82 bits per heavy atom. The van der Waals surface area contributed by atoms with Crippen LogP contribution < -0.4 is 5.32 Å². The standard InChI is InChI=1S/C8H17NO2/c1-10-5-3-2-4-9-8-6-11-7-8/h8-9H,2-7H2,1H3. The third-order valence-corrected chi connectivity index (χ3v) is 1.85. The zero-order chi connectivity index (χ0) is 7.94. The molecule has 1 heterocycles. The van der Waals surface area contributed by atoms with Gasteiger partial charge in [0.05, 0.1) is 19.3 Å². The molecule has 1 rings (SSSR count). The zero-order valence-corrected chi connectivity index (χ0v) is 7.14. The van der Waals surface area contributed by atoms with Gasteiger partial charge in [-0.15, -0.1) is 0 Å². The summed E-state index contributed by atoms with van der Waals surface area (Å²) in [5.74, 6) is 0. The molecule has 1 N–H and O–H groups in total. The van der Waals surface area contributed by atoms with E-state index in [1.807, 2.05) is 0 Å². The maximum Gasteiger partial charge on any atom is 0.0643 e. The van der Waals surface area contributed by atoms with Gasteiger partial charge in [0.15, 0.2) is 0 Å². The molecule has 0 bridgehead atoms. The highest BCUT2D eigenvalue weighted by molar-refractivity contribution is 4.72. The summed E-state index contributed by atoms with van der Waals surface area (Å²) in [6.07, 6.45) is 2.35. The fourth-order valence-electron chi connectivity index (χ4n) is 1.03. The molecule has 0 aromatic carbocycles. The minimum absolute atomic E-state index is 0.623. The van der Waals surface area contributed by atoms with Crippen molar-refractivity contribution in [3.8, 4) is 0 Å². The Kier molecular flexibility index (Phi) is 4.50. The summed E-state index contributed by atoms with van der Waals surface area (Å²) >= 11 is 0. The first-order chi connectivity index (χ1) is 5.43. The molecule has 66 valence electrons. The van der Waals surface area contributed by atoms with Crippen molar-refractivity contribution >= 4 is 0 Å². The molecule has 0 atom stereocenters. The van der Waals surface area contributed by atoms with Crippen molar-refractivity contribution in [3.05, 3.63) is 0 Å². The SMILES string of the molecule is COCCCCNC1COC1. The van der Waals surface area contributed by atoms with Crippen molar-refractivity contribution in [2.45, 2.75) is 18.9 Å². The summed E-state index contributed by atoms with van der Waals surface area (Å²) in [5.41, 5.74) is 0. The minimum Gasteiger partial charge on any atom is -0.385 e. The van der Waals surface area contributed by atoms with Gasteiger partial charge in [0.1, 0.15) is 0 Å². The number of hydrogen-bond donors (Lipinski definition) is 1. The predicted octanol–water partition coefficient (Wildman–Crippen LogP) is 0.401. The normalized spacial score (nSPS) is 18.3. The number of methoxy groups -OCH3 is 1. The van der Waals surface area contributed by atoms with Crippen LogP contribution in [0.4, 0.5) is 0 Å². The monoisotopic (exact) mass is 159 g/mol. The highest BCUT2D eigenvalue weighted by Crippen LogP contribution is 1.99. The van der Waals surface area contributed by atoms with Gasteiger partial charge < -0.3 is 14.8 Å². The number of ether oxygens (including phenoxy) is 2. The molecule has 0 amide bonds. The molecule has 0 aromatic rings. The number of rotatable bonds is 6. The van der Waals surface area contributed by atoms with Gasteiger partial charge in [-0.2, -0.15) is 0 Å². The lowest BCUT2D eigenvalue weighted by molar-refractivity contribution is -0.00510. The third kappa shape index (κ3) is 3.70. The van der Waals surface area contributed by atoms with Crippen LogP contribution in [0.25, 0.3) is 0 Å². The molecule has 1 saturated heterocycles. The van der Waals surface area contributed by atoms with Crippen molar-refractivity contribution in [3.63, 3.8) is 0 Å². The molecule has 0 radical (unpaired) electrons. The third-order valence-electron chi connectivity index (χ3n) is 1.85. The van der Waals surface area contributed by atoms with Gasteiger partial charge >= 0.3 is 0 Å². The molecule has 0 saturated carbocycles. The van der Waals surface area contributed by atoms with E-state index < -0.39 is 0 Å². The fraction of sp³-hybridized carbons (Fsp3) is 1.00. The highest BCUT2D eigenvalue weighted by Gasteiger charge is 2.16. The van der Waals surface area contributed by atoms with Crippen LogP contribution in [0.1, 0.15) is 12.8 Å². The largest absolute Gasteiger partial charge is 0.385 e. The van der Waals surface area contributed by atoms with E-state index in [4.69, 9.17) is 9.47 Å². The number of hydrogen-bond acceptors (Lipinski definition) is 3. The molecule has 0 aromatic heterocycles. The van der Waals surface area contributed by atoms with Crippen molar-refractivity contribution in [2.24, 2.45) is 0 Å². The fourth-order valence-corrected chi connectivity index (χ4v) is 1.03. The second-order valence-corrected chi connectivity index (χ2v) is 2.89. The summed E-state index contributed by atoms with van der Waals surface area (Å²) < 4.78 is 9.96. The van der Waals surface area contributed by atoms with Crippen LogP contribution in [0.5, 0.6) is 0 Å². The highest BCUT2D eigenvalue weighted by atomic mass is 16.5. The molecular weight excluding hydrogens is 142 g/mol.